The van der Waals surface area contributed by atoms with E-state index in [4.69, 9.17) is 9.15 Å². The fourth-order valence-corrected chi connectivity index (χ4v) is 2.24. The molecule has 0 aliphatic heterocycles. The lowest BCUT2D eigenvalue weighted by Gasteiger charge is -2.12. The molecule has 0 bridgehead atoms. The van der Waals surface area contributed by atoms with E-state index >= 15 is 0 Å². The Morgan fingerprint density at radius 2 is 1.76 bits per heavy atom. The van der Waals surface area contributed by atoms with Crippen LogP contribution in [-0.4, -0.2) is 11.9 Å². The average Bonchev–Trinajstić information content (AvgIpc) is 2.90. The highest BCUT2D eigenvalue weighted by atomic mass is 16.5. The first-order valence-corrected chi connectivity index (χ1v) is 6.94. The number of furan rings is 1. The van der Waals surface area contributed by atoms with E-state index in [1.807, 2.05) is 50.2 Å². The van der Waals surface area contributed by atoms with Crippen molar-refractivity contribution in [2.45, 2.75) is 20.0 Å². The number of carbonyl (C=O) groups excluding carboxylic acids is 1. The van der Waals surface area contributed by atoms with Crippen LogP contribution in [0.1, 0.15) is 30.0 Å². The van der Waals surface area contributed by atoms with Crippen molar-refractivity contribution in [3.63, 3.8) is 0 Å². The lowest BCUT2D eigenvalue weighted by Crippen LogP contribution is -2.10. The third-order valence-corrected chi connectivity index (χ3v) is 3.14. The smallest absolute Gasteiger partial charge is 0.231 e. The molecule has 0 unspecified atom stereocenters. The number of carbonyl (C=O) groups is 1. The van der Waals surface area contributed by atoms with Crippen molar-refractivity contribution in [3.8, 4) is 5.75 Å². The summed E-state index contributed by atoms with van der Waals surface area (Å²) in [6.45, 7) is 3.87. The summed E-state index contributed by atoms with van der Waals surface area (Å²) < 4.78 is 11.3. The Bertz CT molecular complexity index is 751. The van der Waals surface area contributed by atoms with Gasteiger partial charge >= 0.3 is 0 Å². The van der Waals surface area contributed by atoms with E-state index < -0.39 is 0 Å². The third kappa shape index (κ3) is 2.68. The van der Waals surface area contributed by atoms with Crippen LogP contribution in [0.15, 0.2) is 59.0 Å². The molecule has 106 valence electrons. The number of para-hydroxylation sites is 2. The number of ether oxygens (including phenoxy) is 1. The second kappa shape index (κ2) is 5.44. The maximum Gasteiger partial charge on any atom is 0.231 e. The molecule has 0 aliphatic rings. The van der Waals surface area contributed by atoms with Crippen LogP contribution in [0.4, 0.5) is 0 Å². The summed E-state index contributed by atoms with van der Waals surface area (Å²) in [5.74, 6) is 0.747. The lowest BCUT2D eigenvalue weighted by molar-refractivity contribution is 0.101. The van der Waals surface area contributed by atoms with E-state index in [0.29, 0.717) is 22.7 Å². The van der Waals surface area contributed by atoms with Crippen LogP contribution < -0.4 is 4.74 Å². The number of fused-ring (bicyclic) bond motifs is 1. The Morgan fingerprint density at radius 3 is 2.52 bits per heavy atom. The van der Waals surface area contributed by atoms with Gasteiger partial charge in [0.25, 0.3) is 0 Å². The second-order valence-electron chi connectivity index (χ2n) is 5.14. The van der Waals surface area contributed by atoms with Crippen LogP contribution in [0, 0.1) is 0 Å². The summed E-state index contributed by atoms with van der Waals surface area (Å²) in [5.41, 5.74) is 1.23. The summed E-state index contributed by atoms with van der Waals surface area (Å²) in [4.78, 5) is 12.6. The molecular formula is C18H16O3. The topological polar surface area (TPSA) is 39.4 Å². The maximum absolute atomic E-state index is 12.6. The van der Waals surface area contributed by atoms with Crippen LogP contribution in [0.5, 0.6) is 5.75 Å². The Balaban J connectivity index is 2.02. The zero-order chi connectivity index (χ0) is 14.8. The van der Waals surface area contributed by atoms with E-state index in [1.54, 1.807) is 18.2 Å². The normalized spacial score (nSPS) is 11.0. The highest BCUT2D eigenvalue weighted by Crippen LogP contribution is 2.26. The number of ketones is 1. The molecule has 0 spiro atoms. The molecule has 1 heterocycles. The molecular weight excluding hydrogens is 264 g/mol. The molecule has 3 heteroatoms. The minimum Gasteiger partial charge on any atom is -0.490 e. The van der Waals surface area contributed by atoms with Crippen LogP contribution >= 0.6 is 0 Å². The predicted molar refractivity (Wildman–Crippen MR) is 81.9 cm³/mol. The number of benzene rings is 2. The molecule has 0 radical (unpaired) electrons. The van der Waals surface area contributed by atoms with Gasteiger partial charge in [-0.25, -0.2) is 0 Å². The Hall–Kier alpha value is -2.55. The van der Waals surface area contributed by atoms with Gasteiger partial charge in [-0.1, -0.05) is 30.3 Å². The predicted octanol–water partition coefficient (Wildman–Crippen LogP) is 4.45. The summed E-state index contributed by atoms with van der Waals surface area (Å²) in [5, 5.41) is 0.920. The minimum atomic E-state index is -0.164. The van der Waals surface area contributed by atoms with E-state index in [9.17, 15) is 4.79 Å². The monoisotopic (exact) mass is 280 g/mol. The minimum absolute atomic E-state index is 0.00891. The number of hydrogen-bond donors (Lipinski definition) is 0. The van der Waals surface area contributed by atoms with Crippen molar-refractivity contribution in [2.75, 3.05) is 0 Å². The fraction of sp³-hybridized carbons (Fsp3) is 0.167. The number of rotatable bonds is 4. The average molecular weight is 280 g/mol. The van der Waals surface area contributed by atoms with Gasteiger partial charge in [0.15, 0.2) is 5.76 Å². The number of hydrogen-bond acceptors (Lipinski definition) is 3. The van der Waals surface area contributed by atoms with Gasteiger partial charge in [0.2, 0.25) is 5.78 Å². The molecule has 3 nitrogen and oxygen atoms in total. The van der Waals surface area contributed by atoms with E-state index in [-0.39, 0.29) is 11.9 Å². The first-order valence-electron chi connectivity index (χ1n) is 6.94. The summed E-state index contributed by atoms with van der Waals surface area (Å²) in [6.07, 6.45) is 0.00891. The Kier molecular flexibility index (Phi) is 3.48. The van der Waals surface area contributed by atoms with Gasteiger partial charge in [0.1, 0.15) is 11.3 Å². The molecule has 0 saturated carbocycles. The van der Waals surface area contributed by atoms with Crippen molar-refractivity contribution in [3.05, 3.63) is 65.9 Å². The first-order chi connectivity index (χ1) is 10.1. The molecule has 2 aromatic carbocycles. The molecule has 3 aromatic rings. The van der Waals surface area contributed by atoms with Crippen LogP contribution in [0.25, 0.3) is 11.0 Å². The molecule has 3 rings (SSSR count). The standard InChI is InChI=1S/C18H16O3/c1-12(2)20-16-10-6-4-8-14(16)18(19)17-11-13-7-3-5-9-15(13)21-17/h3-12H,1-2H3. The van der Waals surface area contributed by atoms with Crippen LogP contribution in [0.3, 0.4) is 0 Å². The van der Waals surface area contributed by atoms with Crippen LogP contribution in [-0.2, 0) is 0 Å². The Morgan fingerprint density at radius 1 is 1.05 bits per heavy atom. The van der Waals surface area contributed by atoms with Gasteiger partial charge in [-0.05, 0) is 38.1 Å². The quantitative estimate of drug-likeness (QED) is 0.663. The first kappa shape index (κ1) is 13.4. The Labute approximate surface area is 123 Å². The molecule has 0 aliphatic carbocycles. The molecule has 0 N–H and O–H groups in total. The van der Waals surface area contributed by atoms with E-state index in [0.717, 1.165) is 5.39 Å². The molecule has 0 fully saturated rings. The molecule has 0 atom stereocenters. The van der Waals surface area contributed by atoms with Gasteiger partial charge in [0.05, 0.1) is 11.7 Å². The molecule has 21 heavy (non-hydrogen) atoms. The molecule has 0 amide bonds. The second-order valence-corrected chi connectivity index (χ2v) is 5.14. The summed E-state index contributed by atoms with van der Waals surface area (Å²) in [7, 11) is 0. The SMILES string of the molecule is CC(C)Oc1ccccc1C(=O)c1cc2ccccc2o1. The van der Waals surface area contributed by atoms with Gasteiger partial charge in [0, 0.05) is 5.39 Å². The summed E-state index contributed by atoms with van der Waals surface area (Å²) >= 11 is 0. The largest absolute Gasteiger partial charge is 0.490 e. The zero-order valence-corrected chi connectivity index (χ0v) is 12.0. The fourth-order valence-electron chi connectivity index (χ4n) is 2.24. The van der Waals surface area contributed by atoms with E-state index in [1.165, 1.54) is 0 Å². The van der Waals surface area contributed by atoms with Crippen molar-refractivity contribution in [1.82, 2.24) is 0 Å². The van der Waals surface area contributed by atoms with Crippen molar-refractivity contribution in [2.24, 2.45) is 0 Å². The van der Waals surface area contributed by atoms with Gasteiger partial charge in [-0.3, -0.25) is 4.79 Å². The van der Waals surface area contributed by atoms with Crippen molar-refractivity contribution < 1.29 is 13.9 Å². The van der Waals surface area contributed by atoms with Crippen molar-refractivity contribution in [1.29, 1.82) is 0 Å². The summed E-state index contributed by atoms with van der Waals surface area (Å²) in [6, 6.07) is 16.6. The highest BCUT2D eigenvalue weighted by Gasteiger charge is 2.18. The molecule has 1 aromatic heterocycles. The van der Waals surface area contributed by atoms with Gasteiger partial charge in [-0.2, -0.15) is 0 Å². The third-order valence-electron chi connectivity index (χ3n) is 3.14. The van der Waals surface area contributed by atoms with Gasteiger partial charge < -0.3 is 9.15 Å². The lowest BCUT2D eigenvalue weighted by atomic mass is 10.1. The van der Waals surface area contributed by atoms with Gasteiger partial charge in [-0.15, -0.1) is 0 Å². The van der Waals surface area contributed by atoms with E-state index in [2.05, 4.69) is 0 Å². The van der Waals surface area contributed by atoms with Crippen molar-refractivity contribution >= 4 is 16.8 Å². The van der Waals surface area contributed by atoms with Crippen LogP contribution in [0.2, 0.25) is 0 Å². The maximum atomic E-state index is 12.6. The molecule has 0 saturated heterocycles. The highest BCUT2D eigenvalue weighted by molar-refractivity contribution is 6.10. The zero-order valence-electron chi connectivity index (χ0n) is 12.0.